The zero-order valence-electron chi connectivity index (χ0n) is 11.1. The van der Waals surface area contributed by atoms with Crippen molar-refractivity contribution in [3.05, 3.63) is 22.8 Å². The lowest BCUT2D eigenvalue weighted by Crippen LogP contribution is -2.54. The third-order valence-corrected chi connectivity index (χ3v) is 4.19. The van der Waals surface area contributed by atoms with E-state index < -0.39 is 5.97 Å². The molecule has 0 spiro atoms. The Hall–Kier alpha value is -1.33. The molecule has 19 heavy (non-hydrogen) atoms. The fourth-order valence-electron chi connectivity index (χ4n) is 2.30. The van der Waals surface area contributed by atoms with Crippen molar-refractivity contribution in [2.24, 2.45) is 0 Å². The molecule has 1 heterocycles. The minimum Gasteiger partial charge on any atom is -0.478 e. The van der Waals surface area contributed by atoms with Crippen LogP contribution in [-0.2, 0) is 0 Å². The van der Waals surface area contributed by atoms with Crippen molar-refractivity contribution in [1.82, 2.24) is 9.88 Å². The second-order valence-electron chi connectivity index (χ2n) is 5.19. The molecule has 6 heteroatoms. The van der Waals surface area contributed by atoms with Gasteiger partial charge in [-0.1, -0.05) is 11.6 Å². The normalized spacial score (nSPS) is 17.1. The van der Waals surface area contributed by atoms with Crippen LogP contribution in [-0.4, -0.2) is 47.1 Å². The Morgan fingerprint density at radius 1 is 1.58 bits per heavy atom. The molecular formula is C13H18ClN3O2. The van der Waals surface area contributed by atoms with E-state index >= 15 is 0 Å². The molecule has 104 valence electrons. The van der Waals surface area contributed by atoms with Gasteiger partial charge in [0.05, 0.1) is 10.6 Å². The Morgan fingerprint density at radius 3 is 2.68 bits per heavy atom. The maximum atomic E-state index is 10.8. The Kier molecular flexibility index (Phi) is 3.96. The number of rotatable bonds is 5. The Bertz CT molecular complexity index is 487. The summed E-state index contributed by atoms with van der Waals surface area (Å²) in [5.41, 5.74) is 0.262. The van der Waals surface area contributed by atoms with E-state index in [0.717, 1.165) is 19.4 Å². The first-order valence-corrected chi connectivity index (χ1v) is 6.62. The largest absolute Gasteiger partial charge is 0.478 e. The van der Waals surface area contributed by atoms with Crippen molar-refractivity contribution < 1.29 is 9.90 Å². The second kappa shape index (κ2) is 5.35. The van der Waals surface area contributed by atoms with E-state index in [4.69, 9.17) is 16.7 Å². The number of pyridine rings is 1. The van der Waals surface area contributed by atoms with Gasteiger partial charge in [-0.05, 0) is 39.4 Å². The molecule has 1 aromatic heterocycles. The van der Waals surface area contributed by atoms with Gasteiger partial charge in [0.2, 0.25) is 0 Å². The number of carboxylic acids is 1. The van der Waals surface area contributed by atoms with Crippen molar-refractivity contribution in [2.75, 3.05) is 26.0 Å². The molecule has 1 aromatic rings. The third-order valence-electron chi connectivity index (χ3n) is 3.91. The van der Waals surface area contributed by atoms with Gasteiger partial charge < -0.3 is 15.3 Å². The monoisotopic (exact) mass is 283 g/mol. The number of anilines is 1. The molecule has 1 aliphatic carbocycles. The van der Waals surface area contributed by atoms with Crippen molar-refractivity contribution >= 4 is 23.4 Å². The molecule has 0 radical (unpaired) electrons. The SMILES string of the molecule is CN(C)C1(CNc2ncc(C(=O)O)cc2Cl)CCC1. The lowest BCUT2D eigenvalue weighted by Gasteiger charge is -2.47. The molecule has 0 aliphatic heterocycles. The number of carbonyl (C=O) groups is 1. The summed E-state index contributed by atoms with van der Waals surface area (Å²) < 4.78 is 0. The highest BCUT2D eigenvalue weighted by molar-refractivity contribution is 6.33. The first kappa shape index (κ1) is 14.1. The number of nitrogens with one attached hydrogen (secondary N) is 1. The van der Waals surface area contributed by atoms with Crippen LogP contribution < -0.4 is 5.32 Å². The van der Waals surface area contributed by atoms with Crippen molar-refractivity contribution in [3.63, 3.8) is 0 Å². The van der Waals surface area contributed by atoms with Gasteiger partial charge in [0, 0.05) is 18.3 Å². The maximum Gasteiger partial charge on any atom is 0.337 e. The standard InChI is InChI=1S/C13H18ClN3O2/c1-17(2)13(4-3-5-13)8-16-11-10(14)6-9(7-15-11)12(18)19/h6-7H,3-5,8H2,1-2H3,(H,15,16)(H,18,19). The van der Waals surface area contributed by atoms with Crippen LogP contribution in [0.15, 0.2) is 12.3 Å². The van der Waals surface area contributed by atoms with E-state index in [1.807, 2.05) is 0 Å². The quantitative estimate of drug-likeness (QED) is 0.868. The molecule has 2 N–H and O–H groups in total. The van der Waals surface area contributed by atoms with Gasteiger partial charge in [0.25, 0.3) is 0 Å². The molecule has 2 rings (SSSR count). The van der Waals surface area contributed by atoms with Crippen LogP contribution in [0.5, 0.6) is 0 Å². The Morgan fingerprint density at radius 2 is 2.26 bits per heavy atom. The predicted octanol–water partition coefficient (Wildman–Crippen LogP) is 2.33. The van der Waals surface area contributed by atoms with Crippen molar-refractivity contribution in [1.29, 1.82) is 0 Å². The summed E-state index contributed by atoms with van der Waals surface area (Å²) in [6.45, 7) is 0.763. The minimum absolute atomic E-state index is 0.0986. The average Bonchev–Trinajstić information content (AvgIpc) is 2.28. The number of aromatic carboxylic acids is 1. The molecule has 1 aliphatic rings. The number of likely N-dealkylation sites (N-methyl/N-ethyl adjacent to an activating group) is 1. The lowest BCUT2D eigenvalue weighted by molar-refractivity contribution is 0.0696. The molecular weight excluding hydrogens is 266 g/mol. The van der Waals surface area contributed by atoms with Gasteiger partial charge in [0.1, 0.15) is 5.82 Å². The predicted molar refractivity (Wildman–Crippen MR) is 75.0 cm³/mol. The van der Waals surface area contributed by atoms with Crippen LogP contribution in [0.4, 0.5) is 5.82 Å². The molecule has 1 fully saturated rings. The van der Waals surface area contributed by atoms with E-state index in [9.17, 15) is 4.79 Å². The second-order valence-corrected chi connectivity index (χ2v) is 5.59. The van der Waals surface area contributed by atoms with Gasteiger partial charge >= 0.3 is 5.97 Å². The summed E-state index contributed by atoms with van der Waals surface area (Å²) >= 11 is 6.04. The van der Waals surface area contributed by atoms with E-state index in [1.54, 1.807) is 0 Å². The van der Waals surface area contributed by atoms with Crippen molar-refractivity contribution in [3.8, 4) is 0 Å². The number of hydrogen-bond donors (Lipinski definition) is 2. The number of halogens is 1. The highest BCUT2D eigenvalue weighted by Crippen LogP contribution is 2.36. The Labute approximate surface area is 117 Å². The summed E-state index contributed by atoms with van der Waals surface area (Å²) in [7, 11) is 4.15. The van der Waals surface area contributed by atoms with Crippen LogP contribution in [0.25, 0.3) is 0 Å². The van der Waals surface area contributed by atoms with E-state index in [2.05, 4.69) is 29.3 Å². The Balaban J connectivity index is 2.06. The number of carboxylic acid groups (broad SMARTS) is 1. The zero-order valence-corrected chi connectivity index (χ0v) is 11.9. The summed E-state index contributed by atoms with van der Waals surface area (Å²) in [6, 6.07) is 1.42. The maximum absolute atomic E-state index is 10.8. The van der Waals surface area contributed by atoms with Gasteiger partial charge in [-0.15, -0.1) is 0 Å². The summed E-state index contributed by atoms with van der Waals surface area (Å²) in [5.74, 6) is -0.482. The van der Waals surface area contributed by atoms with Crippen LogP contribution in [0, 0.1) is 0 Å². The fourth-order valence-corrected chi connectivity index (χ4v) is 2.53. The van der Waals surface area contributed by atoms with E-state index in [1.165, 1.54) is 18.7 Å². The first-order chi connectivity index (χ1) is 8.94. The highest BCUT2D eigenvalue weighted by Gasteiger charge is 2.38. The first-order valence-electron chi connectivity index (χ1n) is 6.25. The highest BCUT2D eigenvalue weighted by atomic mass is 35.5. The molecule has 0 bridgehead atoms. The van der Waals surface area contributed by atoms with E-state index in [0.29, 0.717) is 10.8 Å². The summed E-state index contributed by atoms with van der Waals surface area (Å²) in [6.07, 6.45) is 4.86. The smallest absolute Gasteiger partial charge is 0.337 e. The fraction of sp³-hybridized carbons (Fsp3) is 0.538. The molecule has 0 unspecified atom stereocenters. The van der Waals surface area contributed by atoms with Gasteiger partial charge in [-0.3, -0.25) is 0 Å². The summed E-state index contributed by atoms with van der Waals surface area (Å²) in [4.78, 5) is 17.1. The summed E-state index contributed by atoms with van der Waals surface area (Å²) in [5, 5.41) is 12.4. The van der Waals surface area contributed by atoms with Gasteiger partial charge in [-0.2, -0.15) is 0 Å². The van der Waals surface area contributed by atoms with Crippen LogP contribution in [0.2, 0.25) is 5.02 Å². The topological polar surface area (TPSA) is 65.5 Å². The van der Waals surface area contributed by atoms with Gasteiger partial charge in [0.15, 0.2) is 0 Å². The number of aromatic nitrogens is 1. The molecule has 0 aromatic carbocycles. The molecule has 0 amide bonds. The van der Waals surface area contributed by atoms with Crippen molar-refractivity contribution in [2.45, 2.75) is 24.8 Å². The van der Waals surface area contributed by atoms with Crippen LogP contribution >= 0.6 is 11.6 Å². The zero-order chi connectivity index (χ0) is 14.0. The molecule has 0 atom stereocenters. The third kappa shape index (κ3) is 2.82. The lowest BCUT2D eigenvalue weighted by atomic mass is 9.75. The molecule has 1 saturated carbocycles. The minimum atomic E-state index is -1.02. The average molecular weight is 284 g/mol. The number of hydrogen-bond acceptors (Lipinski definition) is 4. The molecule has 5 nitrogen and oxygen atoms in total. The van der Waals surface area contributed by atoms with Crippen LogP contribution in [0.3, 0.4) is 0 Å². The van der Waals surface area contributed by atoms with E-state index in [-0.39, 0.29) is 11.1 Å². The van der Waals surface area contributed by atoms with Gasteiger partial charge in [-0.25, -0.2) is 9.78 Å². The van der Waals surface area contributed by atoms with Crippen LogP contribution in [0.1, 0.15) is 29.6 Å². The number of nitrogens with zero attached hydrogens (tertiary/aromatic N) is 2. The molecule has 0 saturated heterocycles.